The zero-order valence-electron chi connectivity index (χ0n) is 16.9. The molecule has 0 saturated carbocycles. The monoisotopic (exact) mass is 394 g/mol. The second kappa shape index (κ2) is 8.32. The topological polar surface area (TPSA) is 42.0 Å². The number of halogens is 1. The third kappa shape index (κ3) is 4.36. The molecule has 0 bridgehead atoms. The van der Waals surface area contributed by atoms with E-state index < -0.39 is 5.41 Å². The molecular weight excluding hydrogens is 368 g/mol. The summed E-state index contributed by atoms with van der Waals surface area (Å²) in [5, 5.41) is 4.72. The minimum Gasteiger partial charge on any atom is -0.324 e. The molecule has 28 heavy (non-hydrogen) atoms. The van der Waals surface area contributed by atoms with Crippen molar-refractivity contribution in [3.05, 3.63) is 70.9 Å². The maximum absolute atomic E-state index is 13.4. The lowest BCUT2D eigenvalue weighted by Gasteiger charge is -2.30. The molecule has 146 valence electrons. The molecule has 1 N–H and O–H groups in total. The smallest absolute Gasteiger partial charge is 0.230 e. The predicted molar refractivity (Wildman–Crippen MR) is 118 cm³/mol. The summed E-state index contributed by atoms with van der Waals surface area (Å²) >= 11 is 6.26. The molecule has 0 spiro atoms. The number of aryl methyl sites for hydroxylation is 1. The Hall–Kier alpha value is -2.39. The molecule has 1 aromatic heterocycles. The molecule has 3 rings (SSSR count). The van der Waals surface area contributed by atoms with E-state index in [4.69, 9.17) is 11.6 Å². The van der Waals surface area contributed by atoms with Crippen molar-refractivity contribution in [3.63, 3.8) is 0 Å². The third-order valence-electron chi connectivity index (χ3n) is 5.21. The van der Waals surface area contributed by atoms with Crippen molar-refractivity contribution in [2.75, 3.05) is 5.32 Å². The number of rotatable bonds is 6. The van der Waals surface area contributed by atoms with Gasteiger partial charge in [0.15, 0.2) is 0 Å². The first kappa shape index (κ1) is 20.3. The van der Waals surface area contributed by atoms with E-state index in [2.05, 4.69) is 43.2 Å². The van der Waals surface area contributed by atoms with Gasteiger partial charge in [-0.15, -0.1) is 0 Å². The Bertz CT molecular complexity index is 985. The van der Waals surface area contributed by atoms with Gasteiger partial charge < -0.3 is 5.32 Å². The van der Waals surface area contributed by atoms with Crippen LogP contribution >= 0.6 is 11.6 Å². The number of carbonyl (C=O) groups is 1. The summed E-state index contributed by atoms with van der Waals surface area (Å²) < 4.78 is 0. The van der Waals surface area contributed by atoms with Crippen LogP contribution in [0.2, 0.25) is 5.02 Å². The molecule has 4 heteroatoms. The van der Waals surface area contributed by atoms with E-state index >= 15 is 0 Å². The van der Waals surface area contributed by atoms with Gasteiger partial charge in [-0.1, -0.05) is 74.8 Å². The van der Waals surface area contributed by atoms with Gasteiger partial charge in [-0.2, -0.15) is 0 Å². The minimum atomic E-state index is -0.509. The van der Waals surface area contributed by atoms with Crippen molar-refractivity contribution in [2.45, 2.75) is 40.5 Å². The van der Waals surface area contributed by atoms with Crippen LogP contribution in [0.4, 0.5) is 5.69 Å². The number of carbonyl (C=O) groups excluding carboxylic acids is 1. The van der Waals surface area contributed by atoms with E-state index in [1.807, 2.05) is 43.3 Å². The number of hydrogen-bond donors (Lipinski definition) is 1. The molecule has 0 fully saturated rings. The van der Waals surface area contributed by atoms with E-state index in [0.29, 0.717) is 17.4 Å². The van der Waals surface area contributed by atoms with Gasteiger partial charge >= 0.3 is 0 Å². The number of anilines is 1. The SMILES string of the molecule is Cc1c(NC(=O)C(C)(Cc2ccccc2)CC(C)C)cnc2c(Cl)cccc12. The zero-order chi connectivity index (χ0) is 20.3. The van der Waals surface area contributed by atoms with Gasteiger partial charge in [-0.25, -0.2) is 0 Å². The average Bonchev–Trinajstić information content (AvgIpc) is 2.64. The minimum absolute atomic E-state index is 0.0244. The summed E-state index contributed by atoms with van der Waals surface area (Å²) in [6.45, 7) is 8.35. The van der Waals surface area contributed by atoms with Crippen LogP contribution in [0, 0.1) is 18.3 Å². The molecule has 2 aromatic carbocycles. The van der Waals surface area contributed by atoms with Crippen molar-refractivity contribution in [2.24, 2.45) is 11.3 Å². The molecule has 0 aliphatic rings. The second-order valence-corrected chi connectivity index (χ2v) is 8.62. The quantitative estimate of drug-likeness (QED) is 0.523. The van der Waals surface area contributed by atoms with Gasteiger partial charge in [0.1, 0.15) is 0 Å². The van der Waals surface area contributed by atoms with Gasteiger partial charge in [0.2, 0.25) is 5.91 Å². The fraction of sp³-hybridized carbons (Fsp3) is 0.333. The lowest BCUT2D eigenvalue weighted by atomic mass is 9.76. The molecule has 0 saturated heterocycles. The van der Waals surface area contributed by atoms with E-state index in [0.717, 1.165) is 28.6 Å². The molecule has 1 atom stereocenters. The van der Waals surface area contributed by atoms with Crippen molar-refractivity contribution in [3.8, 4) is 0 Å². The van der Waals surface area contributed by atoms with Gasteiger partial charge in [-0.05, 0) is 42.9 Å². The van der Waals surface area contributed by atoms with Gasteiger partial charge in [0, 0.05) is 5.39 Å². The second-order valence-electron chi connectivity index (χ2n) is 8.21. The Kier molecular flexibility index (Phi) is 6.04. The highest BCUT2D eigenvalue weighted by molar-refractivity contribution is 6.35. The Morgan fingerprint density at radius 1 is 1.14 bits per heavy atom. The van der Waals surface area contributed by atoms with Gasteiger partial charge in [0.25, 0.3) is 0 Å². The van der Waals surface area contributed by atoms with Crippen LogP contribution in [-0.2, 0) is 11.2 Å². The Labute approximate surface area is 172 Å². The summed E-state index contributed by atoms with van der Waals surface area (Å²) in [4.78, 5) is 17.8. The zero-order valence-corrected chi connectivity index (χ0v) is 17.7. The molecule has 1 amide bonds. The standard InChI is InChI=1S/C24H27ClN2O/c1-16(2)13-24(4,14-18-9-6-5-7-10-18)23(28)27-21-15-26-22-19(17(21)3)11-8-12-20(22)25/h5-12,15-16H,13-14H2,1-4H3,(H,27,28). The largest absolute Gasteiger partial charge is 0.324 e. The number of pyridine rings is 1. The van der Waals surface area contributed by atoms with Crippen LogP contribution in [0.3, 0.4) is 0 Å². The molecule has 1 unspecified atom stereocenters. The lowest BCUT2D eigenvalue weighted by molar-refractivity contribution is -0.125. The third-order valence-corrected chi connectivity index (χ3v) is 5.51. The van der Waals surface area contributed by atoms with Crippen LogP contribution in [0.15, 0.2) is 54.7 Å². The van der Waals surface area contributed by atoms with Crippen LogP contribution in [0.1, 0.15) is 38.3 Å². The van der Waals surface area contributed by atoms with Crippen molar-refractivity contribution in [1.82, 2.24) is 4.98 Å². The number of hydrogen-bond acceptors (Lipinski definition) is 2. The molecular formula is C24H27ClN2O. The number of fused-ring (bicyclic) bond motifs is 1. The first-order valence-electron chi connectivity index (χ1n) is 9.69. The van der Waals surface area contributed by atoms with E-state index in [1.54, 1.807) is 6.20 Å². The molecule has 0 radical (unpaired) electrons. The maximum Gasteiger partial charge on any atom is 0.230 e. The van der Waals surface area contributed by atoms with Crippen LogP contribution in [0.5, 0.6) is 0 Å². The Balaban J connectivity index is 1.91. The fourth-order valence-corrected chi connectivity index (χ4v) is 4.14. The number of benzene rings is 2. The average molecular weight is 395 g/mol. The summed E-state index contributed by atoms with van der Waals surface area (Å²) in [5.41, 5.74) is 3.13. The van der Waals surface area contributed by atoms with E-state index in [9.17, 15) is 4.79 Å². The fourth-order valence-electron chi connectivity index (χ4n) is 3.91. The van der Waals surface area contributed by atoms with Crippen molar-refractivity contribution in [1.29, 1.82) is 0 Å². The number of nitrogens with zero attached hydrogens (tertiary/aromatic N) is 1. The Morgan fingerprint density at radius 2 is 1.86 bits per heavy atom. The highest BCUT2D eigenvalue weighted by Crippen LogP contribution is 2.34. The number of amides is 1. The van der Waals surface area contributed by atoms with Crippen LogP contribution < -0.4 is 5.32 Å². The first-order valence-corrected chi connectivity index (χ1v) is 10.1. The maximum atomic E-state index is 13.4. The summed E-state index contributed by atoms with van der Waals surface area (Å²) in [7, 11) is 0. The van der Waals surface area contributed by atoms with Crippen LogP contribution in [-0.4, -0.2) is 10.9 Å². The van der Waals surface area contributed by atoms with Gasteiger partial charge in [-0.3, -0.25) is 9.78 Å². The number of nitrogens with one attached hydrogen (secondary N) is 1. The summed E-state index contributed by atoms with van der Waals surface area (Å²) in [6.07, 6.45) is 3.21. The van der Waals surface area contributed by atoms with E-state index in [-0.39, 0.29) is 5.91 Å². The van der Waals surface area contributed by atoms with Crippen molar-refractivity contribution >= 4 is 34.1 Å². The lowest BCUT2D eigenvalue weighted by Crippen LogP contribution is -2.37. The molecule has 3 aromatic rings. The predicted octanol–water partition coefficient (Wildman–Crippen LogP) is 6.43. The molecule has 0 aliphatic carbocycles. The Morgan fingerprint density at radius 3 is 2.54 bits per heavy atom. The van der Waals surface area contributed by atoms with Crippen LogP contribution in [0.25, 0.3) is 10.9 Å². The summed E-state index contributed by atoms with van der Waals surface area (Å²) in [5.74, 6) is 0.436. The summed E-state index contributed by atoms with van der Waals surface area (Å²) in [6, 6.07) is 15.9. The first-order chi connectivity index (χ1) is 13.3. The molecule has 3 nitrogen and oxygen atoms in total. The number of aromatic nitrogens is 1. The molecule has 0 aliphatic heterocycles. The number of para-hydroxylation sites is 1. The molecule has 1 heterocycles. The normalized spacial score (nSPS) is 13.5. The van der Waals surface area contributed by atoms with Crippen molar-refractivity contribution < 1.29 is 4.79 Å². The highest BCUT2D eigenvalue weighted by atomic mass is 35.5. The highest BCUT2D eigenvalue weighted by Gasteiger charge is 2.34. The van der Waals surface area contributed by atoms with Gasteiger partial charge in [0.05, 0.1) is 27.8 Å². The van der Waals surface area contributed by atoms with E-state index in [1.165, 1.54) is 5.56 Å².